The topological polar surface area (TPSA) is 49.6 Å². The van der Waals surface area contributed by atoms with E-state index in [1.807, 2.05) is 0 Å². The van der Waals surface area contributed by atoms with E-state index in [0.717, 1.165) is 4.90 Å². The largest absolute Gasteiger partial charge is 0.416 e. The lowest BCUT2D eigenvalue weighted by Crippen LogP contribution is -2.50. The number of halogens is 7. The highest BCUT2D eigenvalue weighted by molar-refractivity contribution is 5.75. The summed E-state index contributed by atoms with van der Waals surface area (Å²) in [6.07, 6.45) is -9.15. The summed E-state index contributed by atoms with van der Waals surface area (Å²) >= 11 is 0. The second kappa shape index (κ2) is 9.67. The van der Waals surface area contributed by atoms with Gasteiger partial charge in [0.2, 0.25) is 0 Å². The van der Waals surface area contributed by atoms with E-state index in [-0.39, 0.29) is 24.2 Å². The molecule has 3 atom stereocenters. The molecule has 1 heterocycles. The van der Waals surface area contributed by atoms with E-state index >= 15 is 0 Å². The Bertz CT molecular complexity index is 1050. The van der Waals surface area contributed by atoms with E-state index < -0.39 is 47.4 Å². The van der Waals surface area contributed by atoms with Gasteiger partial charge in [-0.2, -0.15) is 26.3 Å². The van der Waals surface area contributed by atoms with Crippen LogP contribution in [0.25, 0.3) is 0 Å². The molecule has 1 saturated heterocycles. The molecule has 2 amide bonds. The van der Waals surface area contributed by atoms with Crippen LogP contribution < -0.4 is 5.73 Å². The van der Waals surface area contributed by atoms with Crippen molar-refractivity contribution in [2.45, 2.75) is 57.2 Å². The van der Waals surface area contributed by atoms with Crippen molar-refractivity contribution in [1.82, 2.24) is 9.80 Å². The van der Waals surface area contributed by atoms with Crippen molar-refractivity contribution in [2.24, 2.45) is 5.73 Å². The first-order valence-electron chi connectivity index (χ1n) is 10.9. The normalized spacial score (nSPS) is 20.0. The minimum absolute atomic E-state index is 0.0530. The van der Waals surface area contributed by atoms with Gasteiger partial charge in [-0.1, -0.05) is 6.07 Å². The van der Waals surface area contributed by atoms with Crippen LogP contribution in [-0.2, 0) is 12.4 Å². The standard InChI is InChI=1S/C24H26F7N3O/c1-13-8-18(25)4-5-20(13)21-12-19(32)6-7-34(21)22(35)33(3)14(2)15-9-16(23(26,27)28)11-17(10-15)24(29,30)31/h4-5,8-11,14,19,21H,6-7,12,32H2,1-3H3/t14-,19-,21+/m0/s1. The number of benzene rings is 2. The van der Waals surface area contributed by atoms with Gasteiger partial charge in [-0.15, -0.1) is 0 Å². The monoisotopic (exact) mass is 505 g/mol. The Balaban J connectivity index is 1.95. The Labute approximate surface area is 198 Å². The predicted molar refractivity (Wildman–Crippen MR) is 116 cm³/mol. The van der Waals surface area contributed by atoms with Crippen molar-refractivity contribution in [2.75, 3.05) is 13.6 Å². The minimum Gasteiger partial charge on any atom is -0.328 e. The maximum Gasteiger partial charge on any atom is 0.416 e. The van der Waals surface area contributed by atoms with Gasteiger partial charge in [-0.3, -0.25) is 0 Å². The lowest BCUT2D eigenvalue weighted by molar-refractivity contribution is -0.143. The Morgan fingerprint density at radius 1 is 1.06 bits per heavy atom. The molecular formula is C24H26F7N3O. The van der Waals surface area contributed by atoms with Crippen LogP contribution in [-0.4, -0.2) is 35.5 Å². The highest BCUT2D eigenvalue weighted by atomic mass is 19.4. The van der Waals surface area contributed by atoms with Crippen LogP contribution in [0.1, 0.15) is 59.7 Å². The molecule has 1 aliphatic rings. The van der Waals surface area contributed by atoms with Crippen LogP contribution in [0.3, 0.4) is 0 Å². The highest BCUT2D eigenvalue weighted by Crippen LogP contribution is 2.39. The van der Waals surface area contributed by atoms with Gasteiger partial charge in [0.1, 0.15) is 5.82 Å². The van der Waals surface area contributed by atoms with E-state index in [4.69, 9.17) is 5.73 Å². The lowest BCUT2D eigenvalue weighted by atomic mass is 9.90. The second-order valence-corrected chi connectivity index (χ2v) is 8.90. The molecule has 1 fully saturated rings. The second-order valence-electron chi connectivity index (χ2n) is 8.90. The molecule has 35 heavy (non-hydrogen) atoms. The molecule has 2 aromatic carbocycles. The summed E-state index contributed by atoms with van der Waals surface area (Å²) < 4.78 is 93.4. The number of piperidine rings is 1. The summed E-state index contributed by atoms with van der Waals surface area (Å²) in [5.74, 6) is -0.444. The number of nitrogens with two attached hydrogens (primary N) is 1. The fraction of sp³-hybridized carbons (Fsp3) is 0.458. The average Bonchev–Trinajstić information content (AvgIpc) is 2.76. The number of aryl methyl sites for hydroxylation is 1. The zero-order valence-electron chi connectivity index (χ0n) is 19.3. The average molecular weight is 505 g/mol. The number of rotatable bonds is 3. The summed E-state index contributed by atoms with van der Waals surface area (Å²) in [5.41, 5.74) is 4.19. The SMILES string of the molecule is Cc1cc(F)ccc1[C@H]1C[C@@H](N)CCN1C(=O)N(C)[C@@H](C)c1cc(C(F)(F)F)cc(C(F)(F)F)c1. The van der Waals surface area contributed by atoms with E-state index in [0.29, 0.717) is 36.1 Å². The smallest absolute Gasteiger partial charge is 0.328 e. The van der Waals surface area contributed by atoms with Crippen LogP contribution in [0.2, 0.25) is 0 Å². The number of amides is 2. The number of alkyl halides is 6. The summed E-state index contributed by atoms with van der Waals surface area (Å²) in [5, 5.41) is 0. The first-order valence-corrected chi connectivity index (χ1v) is 10.9. The van der Waals surface area contributed by atoms with Crippen molar-refractivity contribution in [3.05, 3.63) is 70.0 Å². The molecule has 0 aromatic heterocycles. The molecule has 0 radical (unpaired) electrons. The maximum atomic E-state index is 13.6. The highest BCUT2D eigenvalue weighted by Gasteiger charge is 2.39. The van der Waals surface area contributed by atoms with Gasteiger partial charge in [0.15, 0.2) is 0 Å². The quantitative estimate of drug-likeness (QED) is 0.488. The van der Waals surface area contributed by atoms with Crippen molar-refractivity contribution in [3.63, 3.8) is 0 Å². The van der Waals surface area contributed by atoms with Gasteiger partial charge in [0, 0.05) is 19.6 Å². The van der Waals surface area contributed by atoms with Gasteiger partial charge in [0.05, 0.1) is 23.2 Å². The molecule has 2 N–H and O–H groups in total. The summed E-state index contributed by atoms with van der Waals surface area (Å²) in [4.78, 5) is 16.0. The molecule has 3 rings (SSSR count). The first kappa shape index (κ1) is 26.8. The van der Waals surface area contributed by atoms with Gasteiger partial charge in [0.25, 0.3) is 0 Å². The Morgan fingerprint density at radius 3 is 2.14 bits per heavy atom. The Hall–Kier alpha value is -2.82. The molecule has 0 aliphatic carbocycles. The summed E-state index contributed by atoms with van der Waals surface area (Å²) in [6, 6.07) is 3.01. The van der Waals surface area contributed by atoms with Crippen molar-refractivity contribution in [3.8, 4) is 0 Å². The number of hydrogen-bond acceptors (Lipinski definition) is 2. The third-order valence-electron chi connectivity index (χ3n) is 6.45. The number of urea groups is 1. The van der Waals surface area contributed by atoms with Crippen LogP contribution in [0.4, 0.5) is 35.5 Å². The van der Waals surface area contributed by atoms with Crippen LogP contribution in [0, 0.1) is 12.7 Å². The first-order chi connectivity index (χ1) is 16.1. The van der Waals surface area contributed by atoms with Crippen LogP contribution >= 0.6 is 0 Å². The fourth-order valence-electron chi connectivity index (χ4n) is 4.34. The zero-order valence-corrected chi connectivity index (χ0v) is 19.3. The van der Waals surface area contributed by atoms with Gasteiger partial charge < -0.3 is 15.5 Å². The van der Waals surface area contributed by atoms with Crippen molar-refractivity contribution >= 4 is 6.03 Å². The third kappa shape index (κ3) is 5.88. The van der Waals surface area contributed by atoms with Gasteiger partial charge in [-0.05, 0) is 73.7 Å². The molecular weight excluding hydrogens is 479 g/mol. The molecule has 11 heteroatoms. The molecule has 0 unspecified atom stereocenters. The fourth-order valence-corrected chi connectivity index (χ4v) is 4.34. The number of carbonyl (C=O) groups is 1. The lowest BCUT2D eigenvalue weighted by Gasteiger charge is -2.42. The number of hydrogen-bond donors (Lipinski definition) is 1. The van der Waals surface area contributed by atoms with Crippen molar-refractivity contribution in [1.29, 1.82) is 0 Å². The Kier molecular flexibility index (Phi) is 7.40. The number of nitrogens with zero attached hydrogens (tertiary/aromatic N) is 2. The molecule has 0 spiro atoms. The zero-order chi connectivity index (χ0) is 26.3. The van der Waals surface area contributed by atoms with Gasteiger partial charge >= 0.3 is 18.4 Å². The Morgan fingerprint density at radius 2 is 1.63 bits per heavy atom. The minimum atomic E-state index is -4.99. The summed E-state index contributed by atoms with van der Waals surface area (Å²) in [7, 11) is 1.32. The van der Waals surface area contributed by atoms with E-state index in [1.54, 1.807) is 13.0 Å². The molecule has 1 aliphatic heterocycles. The molecule has 0 bridgehead atoms. The molecule has 4 nitrogen and oxygen atoms in total. The molecule has 2 aromatic rings. The maximum absolute atomic E-state index is 13.6. The number of carbonyl (C=O) groups excluding carboxylic acids is 1. The molecule has 0 saturated carbocycles. The van der Waals surface area contributed by atoms with Crippen LogP contribution in [0.5, 0.6) is 0 Å². The van der Waals surface area contributed by atoms with Crippen molar-refractivity contribution < 1.29 is 35.5 Å². The van der Waals surface area contributed by atoms with E-state index in [2.05, 4.69) is 0 Å². The third-order valence-corrected chi connectivity index (χ3v) is 6.45. The predicted octanol–water partition coefficient (Wildman–Crippen LogP) is 6.45. The molecule has 192 valence electrons. The van der Waals surface area contributed by atoms with Crippen LogP contribution in [0.15, 0.2) is 36.4 Å². The summed E-state index contributed by atoms with van der Waals surface area (Å²) in [6.45, 7) is 3.28. The van der Waals surface area contributed by atoms with Gasteiger partial charge in [-0.25, -0.2) is 9.18 Å². The van der Waals surface area contributed by atoms with E-state index in [1.165, 1.54) is 31.0 Å². The number of likely N-dealkylation sites (tertiary alicyclic amines) is 1. The van der Waals surface area contributed by atoms with E-state index in [9.17, 15) is 35.5 Å².